The van der Waals surface area contributed by atoms with Crippen LogP contribution in [-0.2, 0) is 10.3 Å². The number of aryl methyl sites for hydroxylation is 1. The monoisotopic (exact) mass is 211 g/mol. The maximum Gasteiger partial charge on any atom is 0.331 e. The van der Waals surface area contributed by atoms with E-state index in [0.717, 1.165) is 0 Å². The van der Waals surface area contributed by atoms with Crippen LogP contribution >= 0.6 is 0 Å². The Morgan fingerprint density at radius 3 is 2.20 bits per heavy atom. The van der Waals surface area contributed by atoms with E-state index >= 15 is 0 Å². The number of rotatable bonds is 2. The van der Waals surface area contributed by atoms with Crippen LogP contribution in [0.15, 0.2) is 6.33 Å². The van der Waals surface area contributed by atoms with Crippen molar-refractivity contribution in [2.45, 2.75) is 40.2 Å². The van der Waals surface area contributed by atoms with Crippen LogP contribution in [0.2, 0.25) is 0 Å². The van der Waals surface area contributed by atoms with Gasteiger partial charge in [-0.1, -0.05) is 20.8 Å². The van der Waals surface area contributed by atoms with Gasteiger partial charge in [-0.2, -0.15) is 5.10 Å². The average Bonchev–Trinajstić information content (AvgIpc) is 2.48. The number of carboxylic acid groups (broad SMARTS) is 1. The molecule has 0 saturated carbocycles. The van der Waals surface area contributed by atoms with Crippen molar-refractivity contribution in [3.8, 4) is 0 Å². The van der Waals surface area contributed by atoms with E-state index in [1.165, 1.54) is 11.0 Å². The van der Waals surface area contributed by atoms with Gasteiger partial charge in [-0.15, -0.1) is 0 Å². The van der Waals surface area contributed by atoms with E-state index in [4.69, 9.17) is 0 Å². The molecule has 0 saturated heterocycles. The Morgan fingerprint density at radius 2 is 1.93 bits per heavy atom. The third-order valence-electron chi connectivity index (χ3n) is 2.94. The van der Waals surface area contributed by atoms with Crippen LogP contribution < -0.4 is 0 Å². The highest BCUT2D eigenvalue weighted by Gasteiger charge is 2.47. The molecule has 0 amide bonds. The Kier molecular flexibility index (Phi) is 2.59. The third-order valence-corrected chi connectivity index (χ3v) is 2.94. The van der Waals surface area contributed by atoms with Crippen LogP contribution in [0.3, 0.4) is 0 Å². The van der Waals surface area contributed by atoms with Crippen LogP contribution in [-0.4, -0.2) is 25.8 Å². The lowest BCUT2D eigenvalue weighted by Gasteiger charge is -2.37. The van der Waals surface area contributed by atoms with Crippen molar-refractivity contribution in [2.24, 2.45) is 5.41 Å². The summed E-state index contributed by atoms with van der Waals surface area (Å²) in [6.45, 7) is 9.01. The van der Waals surface area contributed by atoms with Gasteiger partial charge in [0.05, 0.1) is 0 Å². The Labute approximate surface area is 89.1 Å². The van der Waals surface area contributed by atoms with Crippen molar-refractivity contribution >= 4 is 5.97 Å². The zero-order chi connectivity index (χ0) is 11.9. The molecule has 84 valence electrons. The lowest BCUT2D eigenvalue weighted by Crippen LogP contribution is -2.50. The fourth-order valence-electron chi connectivity index (χ4n) is 1.32. The molecule has 1 N–H and O–H groups in total. The highest BCUT2D eigenvalue weighted by Crippen LogP contribution is 2.36. The minimum atomic E-state index is -1.09. The third kappa shape index (κ3) is 1.73. The van der Waals surface area contributed by atoms with Gasteiger partial charge in [0.2, 0.25) is 0 Å². The largest absolute Gasteiger partial charge is 0.479 e. The zero-order valence-corrected chi connectivity index (χ0v) is 9.77. The van der Waals surface area contributed by atoms with Gasteiger partial charge < -0.3 is 5.11 Å². The number of aliphatic carboxylic acids is 1. The molecular formula is C10H17N3O2. The molecule has 1 unspecified atom stereocenters. The number of hydrogen-bond donors (Lipinski definition) is 1. The van der Waals surface area contributed by atoms with Crippen molar-refractivity contribution in [2.75, 3.05) is 0 Å². The predicted octanol–water partition coefficient (Wildman–Crippen LogP) is 1.43. The van der Waals surface area contributed by atoms with E-state index in [-0.39, 0.29) is 0 Å². The van der Waals surface area contributed by atoms with Crippen molar-refractivity contribution in [3.63, 3.8) is 0 Å². The van der Waals surface area contributed by atoms with Gasteiger partial charge in [-0.05, 0) is 19.3 Å². The summed E-state index contributed by atoms with van der Waals surface area (Å²) in [4.78, 5) is 15.4. The van der Waals surface area contributed by atoms with E-state index in [2.05, 4.69) is 10.1 Å². The Bertz CT molecular complexity index is 378. The van der Waals surface area contributed by atoms with Gasteiger partial charge in [0.25, 0.3) is 0 Å². The molecule has 15 heavy (non-hydrogen) atoms. The molecule has 0 radical (unpaired) electrons. The topological polar surface area (TPSA) is 68.0 Å². The van der Waals surface area contributed by atoms with E-state index < -0.39 is 16.9 Å². The smallest absolute Gasteiger partial charge is 0.331 e. The molecule has 5 nitrogen and oxygen atoms in total. The Balaban J connectivity index is 3.31. The number of carboxylic acids is 1. The summed E-state index contributed by atoms with van der Waals surface area (Å²) in [7, 11) is 0. The Hall–Kier alpha value is -1.39. The lowest BCUT2D eigenvalue weighted by atomic mass is 9.75. The first kappa shape index (κ1) is 11.7. The quantitative estimate of drug-likeness (QED) is 0.803. The van der Waals surface area contributed by atoms with Crippen molar-refractivity contribution < 1.29 is 9.90 Å². The van der Waals surface area contributed by atoms with Crippen LogP contribution in [0.5, 0.6) is 0 Å². The number of nitrogens with zero attached hydrogens (tertiary/aromatic N) is 3. The second-order valence-corrected chi connectivity index (χ2v) is 4.86. The van der Waals surface area contributed by atoms with Crippen molar-refractivity contribution in [1.82, 2.24) is 14.8 Å². The molecule has 0 aliphatic carbocycles. The molecule has 0 aromatic carbocycles. The molecule has 1 aromatic rings. The number of carbonyl (C=O) groups is 1. The van der Waals surface area contributed by atoms with Crippen LogP contribution in [0, 0.1) is 12.3 Å². The highest BCUT2D eigenvalue weighted by molar-refractivity contribution is 5.77. The van der Waals surface area contributed by atoms with E-state index in [9.17, 15) is 9.90 Å². The Morgan fingerprint density at radius 1 is 1.40 bits per heavy atom. The van der Waals surface area contributed by atoms with Crippen LogP contribution in [0.4, 0.5) is 0 Å². The molecule has 0 fully saturated rings. The molecule has 0 aliphatic heterocycles. The summed E-state index contributed by atoms with van der Waals surface area (Å²) in [5, 5.41) is 13.4. The molecule has 1 rings (SSSR count). The van der Waals surface area contributed by atoms with E-state index in [1.54, 1.807) is 13.8 Å². The second kappa shape index (κ2) is 3.32. The van der Waals surface area contributed by atoms with Crippen LogP contribution in [0.25, 0.3) is 0 Å². The first-order chi connectivity index (χ1) is 6.69. The van der Waals surface area contributed by atoms with Crippen molar-refractivity contribution in [3.05, 3.63) is 12.2 Å². The summed E-state index contributed by atoms with van der Waals surface area (Å²) >= 11 is 0. The molecular weight excluding hydrogens is 194 g/mol. The SMILES string of the molecule is Cc1ncn(C(C)(C(=O)O)C(C)(C)C)n1. The van der Waals surface area contributed by atoms with Crippen molar-refractivity contribution in [1.29, 1.82) is 0 Å². The van der Waals surface area contributed by atoms with Gasteiger partial charge in [-0.3, -0.25) is 0 Å². The first-order valence-corrected chi connectivity index (χ1v) is 4.81. The van der Waals surface area contributed by atoms with Gasteiger partial charge in [0.15, 0.2) is 5.54 Å². The van der Waals surface area contributed by atoms with Gasteiger partial charge in [-0.25, -0.2) is 14.5 Å². The molecule has 1 heterocycles. The molecule has 5 heteroatoms. The molecule has 0 bridgehead atoms. The molecule has 0 spiro atoms. The molecule has 1 aromatic heterocycles. The van der Waals surface area contributed by atoms with E-state index in [0.29, 0.717) is 5.82 Å². The standard InChI is InChI=1S/C10H17N3O2/c1-7-11-6-13(12-7)10(5,8(14)15)9(2,3)4/h6H,1-5H3,(H,14,15). The second-order valence-electron chi connectivity index (χ2n) is 4.86. The summed E-state index contributed by atoms with van der Waals surface area (Å²) < 4.78 is 1.42. The van der Waals surface area contributed by atoms with Gasteiger partial charge in [0.1, 0.15) is 12.2 Å². The molecule has 1 atom stereocenters. The zero-order valence-electron chi connectivity index (χ0n) is 9.77. The minimum Gasteiger partial charge on any atom is -0.479 e. The summed E-state index contributed by atoms with van der Waals surface area (Å²) in [5.41, 5.74) is -1.53. The fraction of sp³-hybridized carbons (Fsp3) is 0.700. The maximum atomic E-state index is 11.4. The summed E-state index contributed by atoms with van der Waals surface area (Å²) in [6, 6.07) is 0. The predicted molar refractivity (Wildman–Crippen MR) is 55.5 cm³/mol. The minimum absolute atomic E-state index is 0.445. The van der Waals surface area contributed by atoms with Crippen LogP contribution in [0.1, 0.15) is 33.5 Å². The fourth-order valence-corrected chi connectivity index (χ4v) is 1.32. The summed E-state index contributed by atoms with van der Waals surface area (Å²) in [5.74, 6) is -0.327. The first-order valence-electron chi connectivity index (χ1n) is 4.81. The highest BCUT2D eigenvalue weighted by atomic mass is 16.4. The number of hydrogen-bond acceptors (Lipinski definition) is 3. The summed E-state index contributed by atoms with van der Waals surface area (Å²) in [6.07, 6.45) is 1.47. The normalized spacial score (nSPS) is 16.1. The number of aromatic nitrogens is 3. The molecule has 0 aliphatic rings. The van der Waals surface area contributed by atoms with Gasteiger partial charge in [0, 0.05) is 0 Å². The van der Waals surface area contributed by atoms with E-state index in [1.807, 2.05) is 20.8 Å². The maximum absolute atomic E-state index is 11.4. The average molecular weight is 211 g/mol. The lowest BCUT2D eigenvalue weighted by molar-refractivity contribution is -0.153. The van der Waals surface area contributed by atoms with Gasteiger partial charge >= 0.3 is 5.97 Å².